The molecule has 0 fully saturated rings. The van der Waals surface area contributed by atoms with Crippen LogP contribution in [0.4, 0.5) is 5.00 Å². The van der Waals surface area contributed by atoms with Crippen molar-refractivity contribution in [2.45, 2.75) is 13.3 Å². The molecule has 2 heterocycles. The van der Waals surface area contributed by atoms with Crippen molar-refractivity contribution in [1.82, 2.24) is 0 Å². The number of carbonyl (C=O) groups is 2. The van der Waals surface area contributed by atoms with Gasteiger partial charge in [-0.3, -0.25) is 4.79 Å². The molecular formula is C12H11NO3S2. The number of carbonyl (C=O) groups excluding carboxylic acids is 1. The van der Waals surface area contributed by atoms with Gasteiger partial charge in [-0.15, -0.1) is 11.3 Å². The zero-order valence-electron chi connectivity index (χ0n) is 9.60. The quantitative estimate of drug-likeness (QED) is 0.903. The third kappa shape index (κ3) is 2.60. The lowest BCUT2D eigenvalue weighted by Gasteiger charge is -2.01. The summed E-state index contributed by atoms with van der Waals surface area (Å²) < 4.78 is 0. The van der Waals surface area contributed by atoms with Crippen LogP contribution in [0, 0.1) is 0 Å². The molecule has 0 saturated heterocycles. The van der Waals surface area contributed by atoms with Gasteiger partial charge in [-0.05, 0) is 23.9 Å². The molecule has 1 amide bonds. The summed E-state index contributed by atoms with van der Waals surface area (Å²) in [6, 6.07) is 3.31. The Balaban J connectivity index is 2.25. The summed E-state index contributed by atoms with van der Waals surface area (Å²) in [5.74, 6) is -1.30. The van der Waals surface area contributed by atoms with Gasteiger partial charge in [0.05, 0.1) is 11.1 Å². The van der Waals surface area contributed by atoms with E-state index in [1.165, 1.54) is 22.7 Å². The summed E-state index contributed by atoms with van der Waals surface area (Å²) >= 11 is 2.73. The summed E-state index contributed by atoms with van der Waals surface area (Å²) in [7, 11) is 0. The van der Waals surface area contributed by atoms with Crippen molar-refractivity contribution < 1.29 is 14.7 Å². The lowest BCUT2D eigenvalue weighted by molar-refractivity contribution is 0.0698. The number of carboxylic acid groups (broad SMARTS) is 1. The van der Waals surface area contributed by atoms with Crippen LogP contribution in [0.5, 0.6) is 0 Å². The number of aromatic carboxylic acids is 1. The van der Waals surface area contributed by atoms with Gasteiger partial charge in [-0.1, -0.05) is 6.92 Å². The first-order chi connectivity index (χ1) is 8.61. The van der Waals surface area contributed by atoms with E-state index in [2.05, 4.69) is 5.32 Å². The van der Waals surface area contributed by atoms with Crippen molar-refractivity contribution in [1.29, 1.82) is 0 Å². The second-order valence-electron chi connectivity index (χ2n) is 3.58. The van der Waals surface area contributed by atoms with Gasteiger partial charge >= 0.3 is 5.97 Å². The summed E-state index contributed by atoms with van der Waals surface area (Å²) in [4.78, 5) is 23.9. The highest BCUT2D eigenvalue weighted by Gasteiger charge is 2.17. The molecule has 0 aliphatic heterocycles. The minimum Gasteiger partial charge on any atom is -0.478 e. The van der Waals surface area contributed by atoms with Gasteiger partial charge in [0.2, 0.25) is 0 Å². The van der Waals surface area contributed by atoms with Crippen molar-refractivity contribution in [3.8, 4) is 0 Å². The molecule has 0 atom stereocenters. The van der Waals surface area contributed by atoms with E-state index in [0.717, 1.165) is 11.3 Å². The van der Waals surface area contributed by atoms with Crippen LogP contribution in [0.3, 0.4) is 0 Å². The van der Waals surface area contributed by atoms with Crippen LogP contribution >= 0.6 is 22.7 Å². The average molecular weight is 281 g/mol. The molecular weight excluding hydrogens is 270 g/mol. The van der Waals surface area contributed by atoms with Crippen molar-refractivity contribution in [3.05, 3.63) is 38.9 Å². The first-order valence-electron chi connectivity index (χ1n) is 5.31. The number of rotatable bonds is 4. The number of anilines is 1. The Morgan fingerprint density at radius 3 is 2.78 bits per heavy atom. The van der Waals surface area contributed by atoms with E-state index in [9.17, 15) is 9.59 Å². The molecule has 0 aliphatic carbocycles. The van der Waals surface area contributed by atoms with E-state index in [-0.39, 0.29) is 11.5 Å². The standard InChI is InChI=1S/C12H11NO3S2/c1-2-8-5-9(12(15)16)11(18-8)13-10(14)7-3-4-17-6-7/h3-6H,2H2,1H3,(H,13,14)(H,15,16). The topological polar surface area (TPSA) is 66.4 Å². The van der Waals surface area contributed by atoms with E-state index in [1.54, 1.807) is 22.9 Å². The van der Waals surface area contributed by atoms with Crippen LogP contribution in [0.1, 0.15) is 32.5 Å². The number of aryl methyl sites for hydroxylation is 1. The Kier molecular flexibility index (Phi) is 3.78. The average Bonchev–Trinajstić information content (AvgIpc) is 2.97. The summed E-state index contributed by atoms with van der Waals surface area (Å²) in [6.07, 6.45) is 0.749. The lowest BCUT2D eigenvalue weighted by atomic mass is 10.2. The molecule has 18 heavy (non-hydrogen) atoms. The molecule has 2 N–H and O–H groups in total. The molecule has 0 bridgehead atoms. The largest absolute Gasteiger partial charge is 0.478 e. The maximum atomic E-state index is 11.9. The van der Waals surface area contributed by atoms with Crippen LogP contribution in [0.25, 0.3) is 0 Å². The molecule has 2 aromatic heterocycles. The highest BCUT2D eigenvalue weighted by molar-refractivity contribution is 7.16. The van der Waals surface area contributed by atoms with Gasteiger partial charge in [0.1, 0.15) is 5.00 Å². The molecule has 6 heteroatoms. The molecule has 94 valence electrons. The number of thiophene rings is 2. The van der Waals surface area contributed by atoms with Gasteiger partial charge in [-0.2, -0.15) is 11.3 Å². The maximum absolute atomic E-state index is 11.9. The van der Waals surface area contributed by atoms with Gasteiger partial charge in [0, 0.05) is 10.3 Å². The maximum Gasteiger partial charge on any atom is 0.338 e. The van der Waals surface area contributed by atoms with Gasteiger partial charge in [0.15, 0.2) is 0 Å². The minimum atomic E-state index is -1.02. The predicted octanol–water partition coefficient (Wildman–Crippen LogP) is 3.32. The van der Waals surface area contributed by atoms with E-state index in [1.807, 2.05) is 6.92 Å². The zero-order chi connectivity index (χ0) is 13.1. The van der Waals surface area contributed by atoms with Crippen molar-refractivity contribution in [2.75, 3.05) is 5.32 Å². The zero-order valence-corrected chi connectivity index (χ0v) is 11.2. The normalized spacial score (nSPS) is 10.3. The van der Waals surface area contributed by atoms with Crippen LogP contribution < -0.4 is 5.32 Å². The Bertz CT molecular complexity index is 572. The Morgan fingerprint density at radius 2 is 2.22 bits per heavy atom. The molecule has 0 radical (unpaired) electrons. The predicted molar refractivity (Wildman–Crippen MR) is 72.9 cm³/mol. The third-order valence-corrected chi connectivity index (χ3v) is 4.25. The molecule has 0 unspecified atom stereocenters. The molecule has 0 saturated carbocycles. The number of carboxylic acids is 1. The fraction of sp³-hybridized carbons (Fsp3) is 0.167. The number of nitrogens with one attached hydrogen (secondary N) is 1. The molecule has 0 spiro atoms. The monoisotopic (exact) mass is 281 g/mol. The third-order valence-electron chi connectivity index (χ3n) is 2.37. The van der Waals surface area contributed by atoms with Crippen LogP contribution in [0.15, 0.2) is 22.9 Å². The molecule has 2 rings (SSSR count). The summed E-state index contributed by atoms with van der Waals surface area (Å²) in [6.45, 7) is 1.95. The molecule has 2 aromatic rings. The molecule has 0 aliphatic rings. The highest BCUT2D eigenvalue weighted by Crippen LogP contribution is 2.29. The Labute approximate surface area is 112 Å². The number of hydrogen-bond acceptors (Lipinski definition) is 4. The SMILES string of the molecule is CCc1cc(C(=O)O)c(NC(=O)c2ccsc2)s1. The first-order valence-corrected chi connectivity index (χ1v) is 7.07. The van der Waals surface area contributed by atoms with Crippen LogP contribution in [-0.2, 0) is 6.42 Å². The molecule has 4 nitrogen and oxygen atoms in total. The fourth-order valence-electron chi connectivity index (χ4n) is 1.44. The van der Waals surface area contributed by atoms with E-state index in [0.29, 0.717) is 10.6 Å². The van der Waals surface area contributed by atoms with E-state index < -0.39 is 5.97 Å². The number of amides is 1. The van der Waals surface area contributed by atoms with Gasteiger partial charge in [-0.25, -0.2) is 4.79 Å². The second kappa shape index (κ2) is 5.32. The Hall–Kier alpha value is -1.66. The van der Waals surface area contributed by atoms with Crippen LogP contribution in [-0.4, -0.2) is 17.0 Å². The molecule has 0 aromatic carbocycles. The van der Waals surface area contributed by atoms with Crippen molar-refractivity contribution in [3.63, 3.8) is 0 Å². The summed E-state index contributed by atoms with van der Waals surface area (Å²) in [5.41, 5.74) is 0.697. The number of hydrogen-bond donors (Lipinski definition) is 2. The fourth-order valence-corrected chi connectivity index (χ4v) is 3.06. The van der Waals surface area contributed by atoms with Gasteiger partial charge in [0.25, 0.3) is 5.91 Å². The van der Waals surface area contributed by atoms with Crippen LogP contribution in [0.2, 0.25) is 0 Å². The van der Waals surface area contributed by atoms with Crippen molar-refractivity contribution >= 4 is 39.6 Å². The van der Waals surface area contributed by atoms with E-state index in [4.69, 9.17) is 5.11 Å². The van der Waals surface area contributed by atoms with Crippen molar-refractivity contribution in [2.24, 2.45) is 0 Å². The first kappa shape index (κ1) is 12.8. The lowest BCUT2D eigenvalue weighted by Crippen LogP contribution is -2.12. The van der Waals surface area contributed by atoms with Gasteiger partial charge < -0.3 is 10.4 Å². The smallest absolute Gasteiger partial charge is 0.338 e. The summed E-state index contributed by atoms with van der Waals surface area (Å²) in [5, 5.41) is 15.7. The Morgan fingerprint density at radius 1 is 1.44 bits per heavy atom. The second-order valence-corrected chi connectivity index (χ2v) is 5.50. The minimum absolute atomic E-state index is 0.153. The highest BCUT2D eigenvalue weighted by atomic mass is 32.1. The van der Waals surface area contributed by atoms with E-state index >= 15 is 0 Å².